The topological polar surface area (TPSA) is 69.4 Å². The second kappa shape index (κ2) is 18.6. The van der Waals surface area contributed by atoms with E-state index >= 15 is 0 Å². The fraction of sp³-hybridized carbons (Fsp3) is 0.0896. The van der Waals surface area contributed by atoms with Crippen molar-refractivity contribution in [3.8, 4) is 96.0 Å². The lowest BCUT2D eigenvalue weighted by atomic mass is 9.91. The molecule has 0 atom stereocenters. The summed E-state index contributed by atoms with van der Waals surface area (Å²) in [4.78, 5) is 26.5. The van der Waals surface area contributed by atoms with Gasteiger partial charge in [0, 0.05) is 44.2 Å². The van der Waals surface area contributed by atoms with E-state index in [1.54, 1.807) is 0 Å². The third-order valence-electron chi connectivity index (χ3n) is 14.0. The first kappa shape index (κ1) is 45.0. The molecule has 3 heterocycles. The first-order valence-corrected chi connectivity index (χ1v) is 24.9. The van der Waals surface area contributed by atoms with Crippen molar-refractivity contribution in [2.75, 3.05) is 0 Å². The number of rotatable bonds is 9. The van der Waals surface area contributed by atoms with Crippen molar-refractivity contribution in [2.45, 2.75) is 41.5 Å². The van der Waals surface area contributed by atoms with Gasteiger partial charge in [0.1, 0.15) is 0 Å². The van der Waals surface area contributed by atoms with Crippen LogP contribution in [0.2, 0.25) is 0 Å². The average Bonchev–Trinajstić information content (AvgIpc) is 3.73. The van der Waals surface area contributed by atoms with Crippen LogP contribution in [0, 0.1) is 41.5 Å². The van der Waals surface area contributed by atoms with Crippen LogP contribution >= 0.6 is 0 Å². The minimum absolute atomic E-state index is 0.534. The molecular formula is C67H52N6. The van der Waals surface area contributed by atoms with E-state index in [0.717, 1.165) is 72.3 Å². The van der Waals surface area contributed by atoms with Crippen LogP contribution in [0.1, 0.15) is 33.4 Å². The van der Waals surface area contributed by atoms with Crippen molar-refractivity contribution in [1.29, 1.82) is 0 Å². The molecule has 3 aromatic heterocycles. The molecular weight excluding hydrogens is 889 g/mol. The predicted molar refractivity (Wildman–Crippen MR) is 302 cm³/mol. The molecule has 0 amide bonds. The van der Waals surface area contributed by atoms with Gasteiger partial charge < -0.3 is 4.57 Å². The van der Waals surface area contributed by atoms with E-state index in [1.165, 1.54) is 55.6 Å². The summed E-state index contributed by atoms with van der Waals surface area (Å²) in [5.41, 5.74) is 22.6. The zero-order chi connectivity index (χ0) is 49.7. The maximum absolute atomic E-state index is 5.38. The summed E-state index contributed by atoms with van der Waals surface area (Å²) in [5.74, 6) is 2.29. The van der Waals surface area contributed by atoms with Gasteiger partial charge in [-0.2, -0.15) is 0 Å². The number of hydrogen-bond donors (Lipinski definition) is 0. The molecule has 0 unspecified atom stereocenters. The van der Waals surface area contributed by atoms with E-state index in [1.807, 2.05) is 72.8 Å². The highest BCUT2D eigenvalue weighted by atomic mass is 15.1. The molecule has 0 N–H and O–H groups in total. The van der Waals surface area contributed by atoms with E-state index in [9.17, 15) is 0 Å². The van der Waals surface area contributed by atoms with Crippen LogP contribution in [-0.4, -0.2) is 29.5 Å². The molecule has 73 heavy (non-hydrogen) atoms. The van der Waals surface area contributed by atoms with E-state index < -0.39 is 0 Å². The van der Waals surface area contributed by atoms with E-state index in [0.29, 0.717) is 23.3 Å². The van der Waals surface area contributed by atoms with Crippen LogP contribution in [0.5, 0.6) is 0 Å². The fourth-order valence-electron chi connectivity index (χ4n) is 10.9. The predicted octanol–water partition coefficient (Wildman–Crippen LogP) is 16.9. The van der Waals surface area contributed by atoms with Crippen LogP contribution in [0.15, 0.2) is 206 Å². The zero-order valence-electron chi connectivity index (χ0n) is 41.8. The van der Waals surface area contributed by atoms with Crippen LogP contribution < -0.4 is 0 Å². The molecule has 350 valence electrons. The van der Waals surface area contributed by atoms with E-state index in [4.69, 9.17) is 24.9 Å². The lowest BCUT2D eigenvalue weighted by Crippen LogP contribution is -2.04. The Bertz CT molecular complexity index is 3790. The van der Waals surface area contributed by atoms with Gasteiger partial charge in [-0.05, 0) is 135 Å². The van der Waals surface area contributed by atoms with Gasteiger partial charge >= 0.3 is 0 Å². The van der Waals surface area contributed by atoms with Crippen LogP contribution in [-0.2, 0) is 0 Å². The van der Waals surface area contributed by atoms with Crippen LogP contribution in [0.25, 0.3) is 118 Å². The van der Waals surface area contributed by atoms with Crippen LogP contribution in [0.3, 0.4) is 0 Å². The Labute approximate surface area is 426 Å². The SMILES string of the molecule is Cc1cc(C)c(-c2ccc3c(c2)c2cc(-c4c(C)cc(C)cc4C)ccc2n3-c2ccc(-c3nc(-c4ccccc4)cc(-c4ccccc4)n3)cc2-c2nc(-c3ccccc3)nc(-c3ccccc3)n2)c(C)c1. The van der Waals surface area contributed by atoms with Crippen molar-refractivity contribution in [3.63, 3.8) is 0 Å². The largest absolute Gasteiger partial charge is 0.308 e. The third-order valence-corrected chi connectivity index (χ3v) is 14.0. The molecule has 0 radical (unpaired) electrons. The normalized spacial score (nSPS) is 11.4. The molecule has 0 aliphatic heterocycles. The maximum Gasteiger partial charge on any atom is 0.166 e. The first-order chi connectivity index (χ1) is 35.6. The van der Waals surface area contributed by atoms with Crippen molar-refractivity contribution in [1.82, 2.24) is 29.5 Å². The number of hydrogen-bond acceptors (Lipinski definition) is 5. The smallest absolute Gasteiger partial charge is 0.166 e. The molecule has 0 saturated heterocycles. The highest BCUT2D eigenvalue weighted by Gasteiger charge is 2.23. The first-order valence-electron chi connectivity index (χ1n) is 24.9. The average molecular weight is 941 g/mol. The number of nitrogens with zero attached hydrogens (tertiary/aromatic N) is 6. The Hall–Kier alpha value is -9.13. The Morgan fingerprint density at radius 1 is 0.288 bits per heavy atom. The van der Waals surface area contributed by atoms with Crippen molar-refractivity contribution in [3.05, 3.63) is 240 Å². The molecule has 0 aliphatic rings. The summed E-state index contributed by atoms with van der Waals surface area (Å²) in [6.45, 7) is 13.2. The minimum Gasteiger partial charge on any atom is -0.308 e. The quantitative estimate of drug-likeness (QED) is 0.144. The van der Waals surface area contributed by atoms with Crippen molar-refractivity contribution < 1.29 is 0 Å². The van der Waals surface area contributed by atoms with Gasteiger partial charge in [0.05, 0.1) is 28.1 Å². The number of fused-ring (bicyclic) bond motifs is 3. The number of benzene rings is 9. The van der Waals surface area contributed by atoms with Crippen molar-refractivity contribution >= 4 is 21.8 Å². The second-order valence-electron chi connectivity index (χ2n) is 19.3. The Balaban J connectivity index is 1.16. The van der Waals surface area contributed by atoms with Crippen LogP contribution in [0.4, 0.5) is 0 Å². The zero-order valence-corrected chi connectivity index (χ0v) is 41.8. The summed E-state index contributed by atoms with van der Waals surface area (Å²) in [6, 6.07) is 72.6. The molecule has 6 nitrogen and oxygen atoms in total. The Kier molecular flexibility index (Phi) is 11.5. The molecule has 0 bridgehead atoms. The number of aryl methyl sites for hydroxylation is 6. The van der Waals surface area contributed by atoms with E-state index in [2.05, 4.69) is 180 Å². The Morgan fingerprint density at radius 3 is 1.08 bits per heavy atom. The van der Waals surface area contributed by atoms with Gasteiger partial charge in [-0.25, -0.2) is 24.9 Å². The maximum atomic E-state index is 5.38. The van der Waals surface area contributed by atoms with Gasteiger partial charge in [0.15, 0.2) is 23.3 Å². The molecule has 0 saturated carbocycles. The molecule has 0 aliphatic carbocycles. The summed E-state index contributed by atoms with van der Waals surface area (Å²) in [7, 11) is 0. The molecule has 0 spiro atoms. The highest BCUT2D eigenvalue weighted by molar-refractivity contribution is 6.12. The second-order valence-corrected chi connectivity index (χ2v) is 19.3. The van der Waals surface area contributed by atoms with Gasteiger partial charge in [0.25, 0.3) is 0 Å². The summed E-state index contributed by atoms with van der Waals surface area (Å²) < 4.78 is 2.39. The fourth-order valence-corrected chi connectivity index (χ4v) is 10.9. The Morgan fingerprint density at radius 2 is 0.658 bits per heavy atom. The van der Waals surface area contributed by atoms with Gasteiger partial charge in [-0.1, -0.05) is 169 Å². The van der Waals surface area contributed by atoms with Gasteiger partial charge in [-0.3, -0.25) is 0 Å². The van der Waals surface area contributed by atoms with Crippen molar-refractivity contribution in [2.24, 2.45) is 0 Å². The van der Waals surface area contributed by atoms with Gasteiger partial charge in [0.2, 0.25) is 0 Å². The number of aromatic nitrogens is 6. The summed E-state index contributed by atoms with van der Waals surface area (Å²) in [6.07, 6.45) is 0. The highest BCUT2D eigenvalue weighted by Crippen LogP contribution is 2.43. The lowest BCUT2D eigenvalue weighted by molar-refractivity contribution is 1.06. The lowest BCUT2D eigenvalue weighted by Gasteiger charge is -2.17. The van der Waals surface area contributed by atoms with Gasteiger partial charge in [-0.15, -0.1) is 0 Å². The summed E-state index contributed by atoms with van der Waals surface area (Å²) in [5, 5.41) is 2.31. The minimum atomic E-state index is 0.534. The molecule has 12 aromatic rings. The molecule has 12 rings (SSSR count). The molecule has 0 fully saturated rings. The summed E-state index contributed by atoms with van der Waals surface area (Å²) >= 11 is 0. The molecule has 6 heteroatoms. The monoisotopic (exact) mass is 940 g/mol. The standard InChI is InChI=1S/C67H52N6/c1-41-33-43(3)62(44(4)34-41)51-27-30-59-54(37-51)55-38-52(63-45(5)35-42(2)36-46(63)6)28-31-60(55)73(59)61-32-29-53(66-68-57(47-19-11-7-12-20-47)40-58(69-66)48-21-13-8-14-22-48)39-56(61)67-71-64(49-23-15-9-16-24-49)70-65(72-67)50-25-17-10-18-26-50/h7-40H,1-6H3. The molecule has 9 aromatic carbocycles. The van der Waals surface area contributed by atoms with E-state index in [-0.39, 0.29) is 0 Å². The third kappa shape index (κ3) is 8.47.